The van der Waals surface area contributed by atoms with E-state index in [1.807, 2.05) is 29.6 Å². The molecule has 1 aromatic carbocycles. The number of piperazine rings is 1. The van der Waals surface area contributed by atoms with Gasteiger partial charge in [-0.15, -0.1) is 11.3 Å². The van der Waals surface area contributed by atoms with Crippen LogP contribution in [0.25, 0.3) is 0 Å². The number of anilines is 1. The van der Waals surface area contributed by atoms with Crippen molar-refractivity contribution in [1.29, 1.82) is 0 Å². The lowest BCUT2D eigenvalue weighted by Crippen LogP contribution is -2.48. The number of rotatable bonds is 6. The molecule has 24 heavy (non-hydrogen) atoms. The highest BCUT2D eigenvalue weighted by atomic mass is 32.1. The van der Waals surface area contributed by atoms with Gasteiger partial charge in [-0.05, 0) is 35.7 Å². The van der Waals surface area contributed by atoms with E-state index in [1.54, 1.807) is 11.3 Å². The minimum Gasteiger partial charge on any atom is -0.369 e. The first-order chi connectivity index (χ1) is 11.7. The van der Waals surface area contributed by atoms with Crippen molar-refractivity contribution in [3.8, 4) is 0 Å². The lowest BCUT2D eigenvalue weighted by molar-refractivity contribution is -0.120. The third-order valence-corrected chi connectivity index (χ3v) is 5.11. The highest BCUT2D eigenvalue weighted by Crippen LogP contribution is 2.16. The Balaban J connectivity index is 1.35. The standard InChI is InChI=1S/C18H22FN3OS/c19-15-3-5-16(6-4-15)22-11-9-21(10-12-22)8-7-20-18(23)14-17-2-1-13-24-17/h1-6,13H,7-12,14H2,(H,20,23). The minimum absolute atomic E-state index is 0.0856. The highest BCUT2D eigenvalue weighted by Gasteiger charge is 2.17. The van der Waals surface area contributed by atoms with Crippen LogP contribution in [-0.4, -0.2) is 50.1 Å². The molecule has 0 bridgehead atoms. The predicted molar refractivity (Wildman–Crippen MR) is 96.1 cm³/mol. The summed E-state index contributed by atoms with van der Waals surface area (Å²) in [5.41, 5.74) is 1.07. The number of carbonyl (C=O) groups is 1. The summed E-state index contributed by atoms with van der Waals surface area (Å²) in [6.45, 7) is 5.31. The number of nitrogens with zero attached hydrogens (tertiary/aromatic N) is 2. The van der Waals surface area contributed by atoms with Crippen LogP contribution in [0.4, 0.5) is 10.1 Å². The first-order valence-electron chi connectivity index (χ1n) is 8.23. The Morgan fingerprint density at radius 1 is 1.12 bits per heavy atom. The second kappa shape index (κ2) is 8.26. The van der Waals surface area contributed by atoms with Gasteiger partial charge in [0, 0.05) is 49.8 Å². The molecule has 0 atom stereocenters. The van der Waals surface area contributed by atoms with Crippen LogP contribution in [0.5, 0.6) is 0 Å². The number of benzene rings is 1. The SMILES string of the molecule is O=C(Cc1cccs1)NCCN1CCN(c2ccc(F)cc2)CC1. The number of thiophene rings is 1. The molecule has 0 radical (unpaired) electrons. The average Bonchev–Trinajstić information content (AvgIpc) is 3.09. The van der Waals surface area contributed by atoms with Gasteiger partial charge in [-0.3, -0.25) is 9.69 Å². The molecule has 1 aliphatic rings. The van der Waals surface area contributed by atoms with Gasteiger partial charge in [-0.25, -0.2) is 4.39 Å². The normalized spacial score (nSPS) is 15.5. The van der Waals surface area contributed by atoms with Gasteiger partial charge in [0.15, 0.2) is 0 Å². The molecule has 1 aromatic heterocycles. The van der Waals surface area contributed by atoms with Crippen molar-refractivity contribution in [2.45, 2.75) is 6.42 Å². The molecule has 2 heterocycles. The molecule has 0 saturated carbocycles. The molecule has 2 aromatic rings. The van der Waals surface area contributed by atoms with Crippen LogP contribution in [0, 0.1) is 5.82 Å². The Morgan fingerprint density at radius 3 is 2.54 bits per heavy atom. The highest BCUT2D eigenvalue weighted by molar-refractivity contribution is 7.10. The topological polar surface area (TPSA) is 35.6 Å². The zero-order valence-electron chi connectivity index (χ0n) is 13.6. The zero-order valence-corrected chi connectivity index (χ0v) is 14.4. The molecular formula is C18H22FN3OS. The van der Waals surface area contributed by atoms with Gasteiger partial charge in [0.25, 0.3) is 0 Å². The van der Waals surface area contributed by atoms with Crippen LogP contribution in [0.1, 0.15) is 4.88 Å². The van der Waals surface area contributed by atoms with Crippen molar-refractivity contribution < 1.29 is 9.18 Å². The number of amides is 1. The van der Waals surface area contributed by atoms with E-state index in [0.717, 1.165) is 43.3 Å². The molecule has 128 valence electrons. The Bertz CT molecular complexity index is 637. The number of hydrogen-bond acceptors (Lipinski definition) is 4. The fraction of sp³-hybridized carbons (Fsp3) is 0.389. The molecule has 0 unspecified atom stereocenters. The third kappa shape index (κ3) is 4.79. The van der Waals surface area contributed by atoms with Crippen LogP contribution in [0.3, 0.4) is 0 Å². The number of nitrogens with one attached hydrogen (secondary N) is 1. The molecule has 1 saturated heterocycles. The molecule has 1 fully saturated rings. The fourth-order valence-electron chi connectivity index (χ4n) is 2.87. The van der Waals surface area contributed by atoms with E-state index >= 15 is 0 Å². The summed E-state index contributed by atoms with van der Waals surface area (Å²) < 4.78 is 13.0. The van der Waals surface area contributed by atoms with Crippen LogP contribution >= 0.6 is 11.3 Å². The average molecular weight is 347 g/mol. The molecule has 4 nitrogen and oxygen atoms in total. The summed E-state index contributed by atoms with van der Waals surface area (Å²) >= 11 is 1.61. The van der Waals surface area contributed by atoms with Gasteiger partial charge in [0.2, 0.25) is 5.91 Å². The lowest BCUT2D eigenvalue weighted by Gasteiger charge is -2.36. The van der Waals surface area contributed by atoms with Crippen LogP contribution in [0.2, 0.25) is 0 Å². The minimum atomic E-state index is -0.198. The Hall–Kier alpha value is -1.92. The maximum Gasteiger partial charge on any atom is 0.225 e. The Morgan fingerprint density at radius 2 is 1.88 bits per heavy atom. The second-order valence-electron chi connectivity index (χ2n) is 5.91. The number of halogens is 1. The largest absolute Gasteiger partial charge is 0.369 e. The molecule has 0 aliphatic carbocycles. The van der Waals surface area contributed by atoms with Gasteiger partial charge in [-0.1, -0.05) is 6.07 Å². The number of carbonyl (C=O) groups excluding carboxylic acids is 1. The zero-order chi connectivity index (χ0) is 16.8. The van der Waals surface area contributed by atoms with E-state index in [1.165, 1.54) is 12.1 Å². The van der Waals surface area contributed by atoms with E-state index in [0.29, 0.717) is 13.0 Å². The van der Waals surface area contributed by atoms with Gasteiger partial charge >= 0.3 is 0 Å². The van der Waals surface area contributed by atoms with E-state index in [2.05, 4.69) is 15.1 Å². The Kier molecular flexibility index (Phi) is 5.82. The Labute approximate surface area is 145 Å². The summed E-state index contributed by atoms with van der Waals surface area (Å²) in [5, 5.41) is 4.98. The summed E-state index contributed by atoms with van der Waals surface area (Å²) in [6.07, 6.45) is 0.468. The second-order valence-corrected chi connectivity index (χ2v) is 6.94. The van der Waals surface area contributed by atoms with Crippen LogP contribution in [0.15, 0.2) is 41.8 Å². The first kappa shape index (κ1) is 16.9. The molecule has 1 amide bonds. The summed E-state index contributed by atoms with van der Waals surface area (Å²) in [7, 11) is 0. The molecule has 0 spiro atoms. The summed E-state index contributed by atoms with van der Waals surface area (Å²) in [5.74, 6) is -0.113. The van der Waals surface area contributed by atoms with Gasteiger partial charge < -0.3 is 10.2 Å². The first-order valence-corrected chi connectivity index (χ1v) is 9.10. The van der Waals surface area contributed by atoms with E-state index in [-0.39, 0.29) is 11.7 Å². The van der Waals surface area contributed by atoms with Crippen molar-refractivity contribution in [2.24, 2.45) is 0 Å². The van der Waals surface area contributed by atoms with Gasteiger partial charge in [0.1, 0.15) is 5.82 Å². The van der Waals surface area contributed by atoms with Crippen molar-refractivity contribution in [3.05, 3.63) is 52.5 Å². The quantitative estimate of drug-likeness (QED) is 0.871. The van der Waals surface area contributed by atoms with Crippen LogP contribution < -0.4 is 10.2 Å². The molecule has 1 aliphatic heterocycles. The summed E-state index contributed by atoms with van der Waals surface area (Å²) in [4.78, 5) is 17.6. The predicted octanol–water partition coefficient (Wildman–Crippen LogP) is 2.37. The van der Waals surface area contributed by atoms with Crippen molar-refractivity contribution in [2.75, 3.05) is 44.2 Å². The van der Waals surface area contributed by atoms with Crippen molar-refractivity contribution in [1.82, 2.24) is 10.2 Å². The molecule has 3 rings (SSSR count). The van der Waals surface area contributed by atoms with E-state index in [9.17, 15) is 9.18 Å². The maximum absolute atomic E-state index is 13.0. The monoisotopic (exact) mass is 347 g/mol. The van der Waals surface area contributed by atoms with Crippen LogP contribution in [-0.2, 0) is 11.2 Å². The molecule has 6 heteroatoms. The molecular weight excluding hydrogens is 325 g/mol. The molecule has 1 N–H and O–H groups in total. The van der Waals surface area contributed by atoms with E-state index < -0.39 is 0 Å². The van der Waals surface area contributed by atoms with Gasteiger partial charge in [0.05, 0.1) is 6.42 Å². The van der Waals surface area contributed by atoms with Crippen molar-refractivity contribution >= 4 is 22.9 Å². The maximum atomic E-state index is 13.0. The summed E-state index contributed by atoms with van der Waals surface area (Å²) in [6, 6.07) is 10.6. The lowest BCUT2D eigenvalue weighted by atomic mass is 10.2. The van der Waals surface area contributed by atoms with Gasteiger partial charge in [-0.2, -0.15) is 0 Å². The van der Waals surface area contributed by atoms with Crippen molar-refractivity contribution in [3.63, 3.8) is 0 Å². The van der Waals surface area contributed by atoms with E-state index in [4.69, 9.17) is 0 Å². The third-order valence-electron chi connectivity index (χ3n) is 4.23. The number of hydrogen-bond donors (Lipinski definition) is 1. The fourth-order valence-corrected chi connectivity index (χ4v) is 3.57. The smallest absolute Gasteiger partial charge is 0.225 e.